The van der Waals surface area contributed by atoms with Gasteiger partial charge in [0, 0.05) is 37.7 Å². The van der Waals surface area contributed by atoms with Crippen LogP contribution in [-0.2, 0) is 11.3 Å². The normalized spacial score (nSPS) is 11.2. The van der Waals surface area contributed by atoms with E-state index >= 15 is 0 Å². The van der Waals surface area contributed by atoms with Gasteiger partial charge >= 0.3 is 0 Å². The summed E-state index contributed by atoms with van der Waals surface area (Å²) in [4.78, 5) is 3.76. The summed E-state index contributed by atoms with van der Waals surface area (Å²) in [6.07, 6.45) is 0. The van der Waals surface area contributed by atoms with E-state index in [4.69, 9.17) is 4.74 Å². The van der Waals surface area contributed by atoms with Gasteiger partial charge in [-0.25, -0.2) is 0 Å². The Kier molecular flexibility index (Phi) is 7.42. The first-order valence-electron chi connectivity index (χ1n) is 5.82. The quantitative estimate of drug-likeness (QED) is 0.668. The third kappa shape index (κ3) is 6.23. The van der Waals surface area contributed by atoms with Gasteiger partial charge in [0.15, 0.2) is 0 Å². The third-order valence-electron chi connectivity index (χ3n) is 2.30. The molecule has 1 rings (SSSR count). The second-order valence-corrected chi connectivity index (χ2v) is 4.80. The number of hydrogen-bond acceptors (Lipinski definition) is 4. The topological polar surface area (TPSA) is 24.5 Å². The van der Waals surface area contributed by atoms with Crippen molar-refractivity contribution in [3.05, 3.63) is 22.4 Å². The molecule has 3 nitrogen and oxygen atoms in total. The predicted molar refractivity (Wildman–Crippen MR) is 70.0 cm³/mol. The van der Waals surface area contributed by atoms with Crippen LogP contribution in [0.3, 0.4) is 0 Å². The summed E-state index contributed by atoms with van der Waals surface area (Å²) in [6.45, 7) is 7.73. The van der Waals surface area contributed by atoms with Crippen LogP contribution >= 0.6 is 11.3 Å². The van der Waals surface area contributed by atoms with E-state index in [1.165, 1.54) is 4.88 Å². The second-order valence-electron chi connectivity index (χ2n) is 3.76. The molecule has 1 N–H and O–H groups in total. The van der Waals surface area contributed by atoms with E-state index in [1.807, 2.05) is 18.3 Å². The van der Waals surface area contributed by atoms with Gasteiger partial charge in [-0.15, -0.1) is 11.3 Å². The van der Waals surface area contributed by atoms with Crippen molar-refractivity contribution in [2.24, 2.45) is 0 Å². The van der Waals surface area contributed by atoms with Crippen LogP contribution in [0.15, 0.2) is 17.5 Å². The SMILES string of the molecule is CCOCCNCCN(C)Cc1cccs1. The van der Waals surface area contributed by atoms with E-state index in [0.717, 1.165) is 39.4 Å². The average molecular weight is 242 g/mol. The van der Waals surface area contributed by atoms with Crippen LogP contribution in [0.5, 0.6) is 0 Å². The Morgan fingerprint density at radius 1 is 1.44 bits per heavy atom. The number of ether oxygens (including phenoxy) is 1. The van der Waals surface area contributed by atoms with Crippen LogP contribution in [0.25, 0.3) is 0 Å². The molecule has 0 radical (unpaired) electrons. The summed E-state index contributed by atoms with van der Waals surface area (Å²) in [5.74, 6) is 0. The smallest absolute Gasteiger partial charge is 0.0590 e. The zero-order valence-corrected chi connectivity index (χ0v) is 11.1. The fourth-order valence-electron chi connectivity index (χ4n) is 1.43. The lowest BCUT2D eigenvalue weighted by atomic mass is 10.4. The van der Waals surface area contributed by atoms with Crippen molar-refractivity contribution in [3.63, 3.8) is 0 Å². The van der Waals surface area contributed by atoms with Crippen LogP contribution in [0.2, 0.25) is 0 Å². The van der Waals surface area contributed by atoms with E-state index in [9.17, 15) is 0 Å². The van der Waals surface area contributed by atoms with Crippen molar-refractivity contribution in [2.75, 3.05) is 39.9 Å². The molecule has 16 heavy (non-hydrogen) atoms. The molecular formula is C12H22N2OS. The molecule has 1 aromatic heterocycles. The third-order valence-corrected chi connectivity index (χ3v) is 3.16. The van der Waals surface area contributed by atoms with Crippen molar-refractivity contribution in [2.45, 2.75) is 13.5 Å². The zero-order chi connectivity index (χ0) is 11.6. The second kappa shape index (κ2) is 8.70. The molecule has 0 aliphatic rings. The number of likely N-dealkylation sites (N-methyl/N-ethyl adjacent to an activating group) is 1. The van der Waals surface area contributed by atoms with E-state index < -0.39 is 0 Å². The number of thiophene rings is 1. The fourth-order valence-corrected chi connectivity index (χ4v) is 2.22. The molecule has 0 atom stereocenters. The molecule has 0 aliphatic carbocycles. The Labute approximate surface area is 102 Å². The summed E-state index contributed by atoms with van der Waals surface area (Å²) in [7, 11) is 2.16. The minimum atomic E-state index is 0.806. The van der Waals surface area contributed by atoms with E-state index in [0.29, 0.717) is 0 Å². The minimum Gasteiger partial charge on any atom is -0.380 e. The molecule has 0 unspecified atom stereocenters. The van der Waals surface area contributed by atoms with E-state index in [-0.39, 0.29) is 0 Å². The molecule has 0 fully saturated rings. The highest BCUT2D eigenvalue weighted by atomic mass is 32.1. The Morgan fingerprint density at radius 3 is 3.00 bits per heavy atom. The molecule has 1 aromatic rings. The Balaban J connectivity index is 1.96. The Morgan fingerprint density at radius 2 is 2.31 bits per heavy atom. The largest absolute Gasteiger partial charge is 0.380 e. The predicted octanol–water partition coefficient (Wildman–Crippen LogP) is 1.81. The van der Waals surface area contributed by atoms with Crippen molar-refractivity contribution < 1.29 is 4.74 Å². The van der Waals surface area contributed by atoms with Crippen LogP contribution in [0.4, 0.5) is 0 Å². The number of hydrogen-bond donors (Lipinski definition) is 1. The summed E-state index contributed by atoms with van der Waals surface area (Å²) in [6, 6.07) is 4.29. The monoisotopic (exact) mass is 242 g/mol. The van der Waals surface area contributed by atoms with Gasteiger partial charge in [0.1, 0.15) is 0 Å². The molecule has 0 saturated carbocycles. The number of rotatable bonds is 9. The van der Waals surface area contributed by atoms with Gasteiger partial charge in [-0.3, -0.25) is 0 Å². The first-order chi connectivity index (χ1) is 7.83. The van der Waals surface area contributed by atoms with Gasteiger partial charge in [0.05, 0.1) is 6.61 Å². The minimum absolute atomic E-state index is 0.806. The lowest BCUT2D eigenvalue weighted by Gasteiger charge is -2.15. The Bertz CT molecular complexity index is 252. The molecule has 1 heterocycles. The standard InChI is InChI=1S/C12H22N2OS/c1-3-15-9-7-13-6-8-14(2)11-12-5-4-10-16-12/h4-5,10,13H,3,6-9,11H2,1-2H3. The van der Waals surface area contributed by atoms with Gasteiger partial charge in [-0.2, -0.15) is 0 Å². The molecule has 0 spiro atoms. The molecule has 92 valence electrons. The maximum atomic E-state index is 5.25. The first kappa shape index (κ1) is 13.6. The highest BCUT2D eigenvalue weighted by molar-refractivity contribution is 7.09. The van der Waals surface area contributed by atoms with Crippen molar-refractivity contribution in [3.8, 4) is 0 Å². The molecule has 4 heteroatoms. The van der Waals surface area contributed by atoms with E-state index in [1.54, 1.807) is 0 Å². The molecule has 0 saturated heterocycles. The van der Waals surface area contributed by atoms with Gasteiger partial charge in [-0.05, 0) is 25.4 Å². The molecule has 0 amide bonds. The van der Waals surface area contributed by atoms with Crippen molar-refractivity contribution in [1.29, 1.82) is 0 Å². The van der Waals surface area contributed by atoms with Gasteiger partial charge in [-0.1, -0.05) is 6.07 Å². The number of nitrogens with zero attached hydrogens (tertiary/aromatic N) is 1. The average Bonchev–Trinajstić information content (AvgIpc) is 2.76. The summed E-state index contributed by atoms with van der Waals surface area (Å²) in [5.41, 5.74) is 0. The van der Waals surface area contributed by atoms with Crippen molar-refractivity contribution in [1.82, 2.24) is 10.2 Å². The lowest BCUT2D eigenvalue weighted by Crippen LogP contribution is -2.30. The van der Waals surface area contributed by atoms with Gasteiger partial charge < -0.3 is 15.0 Å². The lowest BCUT2D eigenvalue weighted by molar-refractivity contribution is 0.148. The maximum Gasteiger partial charge on any atom is 0.0590 e. The summed E-state index contributed by atoms with van der Waals surface area (Å²) < 4.78 is 5.25. The summed E-state index contributed by atoms with van der Waals surface area (Å²) >= 11 is 1.82. The van der Waals surface area contributed by atoms with Crippen LogP contribution in [0.1, 0.15) is 11.8 Å². The van der Waals surface area contributed by atoms with Crippen molar-refractivity contribution >= 4 is 11.3 Å². The highest BCUT2D eigenvalue weighted by Crippen LogP contribution is 2.10. The van der Waals surface area contributed by atoms with Crippen LogP contribution < -0.4 is 5.32 Å². The highest BCUT2D eigenvalue weighted by Gasteiger charge is 2.00. The molecule has 0 aliphatic heterocycles. The first-order valence-corrected chi connectivity index (χ1v) is 6.70. The molecular weight excluding hydrogens is 220 g/mol. The van der Waals surface area contributed by atoms with Crippen LogP contribution in [0, 0.1) is 0 Å². The maximum absolute atomic E-state index is 5.25. The van der Waals surface area contributed by atoms with Crippen LogP contribution in [-0.4, -0.2) is 44.8 Å². The molecule has 0 bridgehead atoms. The van der Waals surface area contributed by atoms with Gasteiger partial charge in [0.25, 0.3) is 0 Å². The zero-order valence-electron chi connectivity index (χ0n) is 10.2. The summed E-state index contributed by atoms with van der Waals surface area (Å²) in [5, 5.41) is 5.50. The fraction of sp³-hybridized carbons (Fsp3) is 0.667. The van der Waals surface area contributed by atoms with E-state index in [2.05, 4.69) is 34.8 Å². The molecule has 0 aromatic carbocycles. The van der Waals surface area contributed by atoms with Gasteiger partial charge in [0.2, 0.25) is 0 Å². The Hall–Kier alpha value is -0.420. The number of nitrogens with one attached hydrogen (secondary N) is 1.